The molecule has 1 fully saturated rings. The molecule has 1 rings (SSSR count). The molecule has 1 heterocycles. The predicted molar refractivity (Wildman–Crippen MR) is 45.6 cm³/mol. The predicted octanol–water partition coefficient (Wildman–Crippen LogP) is -0.0574. The van der Waals surface area contributed by atoms with Crippen molar-refractivity contribution in [2.75, 3.05) is 24.6 Å². The topological polar surface area (TPSA) is 40.5 Å². The normalized spacial score (nSPS) is 22.0. The fourth-order valence-corrected chi connectivity index (χ4v) is 1.91. The summed E-state index contributed by atoms with van der Waals surface area (Å²) in [6.45, 7) is 2.98. The van der Waals surface area contributed by atoms with Crippen molar-refractivity contribution in [3.05, 3.63) is 0 Å². The van der Waals surface area contributed by atoms with E-state index < -0.39 is 6.10 Å². The minimum Gasteiger partial charge on any atom is -0.392 e. The van der Waals surface area contributed by atoms with Gasteiger partial charge in [-0.3, -0.25) is 4.79 Å². The summed E-state index contributed by atoms with van der Waals surface area (Å²) in [5, 5.41) is 9.02. The molecule has 0 spiro atoms. The summed E-state index contributed by atoms with van der Waals surface area (Å²) in [4.78, 5) is 12.8. The van der Waals surface area contributed by atoms with Crippen LogP contribution in [0.15, 0.2) is 0 Å². The minimum atomic E-state index is -0.401. The number of β-amino-alcohol motifs (C(OH)–C–C–N with tert-alkyl or cyclic N) is 1. The molecular formula is C7H13NO2S. The summed E-state index contributed by atoms with van der Waals surface area (Å²) in [5.41, 5.74) is 0. The van der Waals surface area contributed by atoms with Gasteiger partial charge < -0.3 is 10.0 Å². The number of aliphatic hydroxyl groups excluding tert-OH is 1. The molecule has 64 valence electrons. The number of hydrogen-bond donors (Lipinski definition) is 1. The van der Waals surface area contributed by atoms with Gasteiger partial charge in [-0.15, -0.1) is 0 Å². The molecule has 0 aliphatic carbocycles. The number of carbonyl (C=O) groups excluding carboxylic acids is 1. The van der Waals surface area contributed by atoms with Crippen LogP contribution in [0.1, 0.15) is 6.92 Å². The van der Waals surface area contributed by atoms with E-state index in [1.54, 1.807) is 23.6 Å². The first-order valence-electron chi connectivity index (χ1n) is 3.73. The Balaban J connectivity index is 2.36. The molecule has 1 saturated heterocycles. The average molecular weight is 175 g/mol. The van der Waals surface area contributed by atoms with Crippen molar-refractivity contribution in [1.29, 1.82) is 0 Å². The van der Waals surface area contributed by atoms with Gasteiger partial charge in [-0.25, -0.2) is 0 Å². The standard InChI is InChI=1S/C7H13NO2S/c1-6(9)4-8-2-3-11-5-7(8)10/h6,9H,2-5H2,1H3. The van der Waals surface area contributed by atoms with E-state index in [0.29, 0.717) is 12.3 Å². The summed E-state index contributed by atoms with van der Waals surface area (Å²) in [6, 6.07) is 0. The summed E-state index contributed by atoms with van der Waals surface area (Å²) in [6.07, 6.45) is -0.401. The Labute approximate surface area is 70.8 Å². The number of thioether (sulfide) groups is 1. The molecule has 0 radical (unpaired) electrons. The van der Waals surface area contributed by atoms with E-state index in [4.69, 9.17) is 5.11 Å². The van der Waals surface area contributed by atoms with E-state index in [9.17, 15) is 4.79 Å². The fourth-order valence-electron chi connectivity index (χ4n) is 1.06. The van der Waals surface area contributed by atoms with Crippen molar-refractivity contribution in [2.45, 2.75) is 13.0 Å². The van der Waals surface area contributed by atoms with Gasteiger partial charge in [-0.2, -0.15) is 11.8 Å². The van der Waals surface area contributed by atoms with E-state index >= 15 is 0 Å². The van der Waals surface area contributed by atoms with E-state index in [2.05, 4.69) is 0 Å². The van der Waals surface area contributed by atoms with Gasteiger partial charge in [0, 0.05) is 18.8 Å². The second-order valence-corrected chi connectivity index (χ2v) is 3.85. The van der Waals surface area contributed by atoms with Crippen LogP contribution < -0.4 is 0 Å². The average Bonchev–Trinajstić information content (AvgIpc) is 1.93. The van der Waals surface area contributed by atoms with E-state index in [0.717, 1.165) is 12.3 Å². The smallest absolute Gasteiger partial charge is 0.232 e. The monoisotopic (exact) mass is 175 g/mol. The van der Waals surface area contributed by atoms with Gasteiger partial charge in [-0.05, 0) is 6.92 Å². The van der Waals surface area contributed by atoms with E-state index in [1.165, 1.54) is 0 Å². The molecule has 0 aromatic heterocycles. The van der Waals surface area contributed by atoms with Gasteiger partial charge >= 0.3 is 0 Å². The highest BCUT2D eigenvalue weighted by Crippen LogP contribution is 2.10. The third-order valence-corrected chi connectivity index (χ3v) is 2.49. The first-order valence-corrected chi connectivity index (χ1v) is 4.89. The summed E-state index contributed by atoms with van der Waals surface area (Å²) in [7, 11) is 0. The Kier molecular flexibility index (Phi) is 3.20. The lowest BCUT2D eigenvalue weighted by molar-refractivity contribution is -0.129. The Hall–Kier alpha value is -0.220. The van der Waals surface area contributed by atoms with Crippen molar-refractivity contribution in [1.82, 2.24) is 4.90 Å². The number of amides is 1. The molecule has 0 aromatic carbocycles. The van der Waals surface area contributed by atoms with Crippen LogP contribution in [-0.4, -0.2) is 46.6 Å². The van der Waals surface area contributed by atoms with Gasteiger partial charge in [-0.1, -0.05) is 0 Å². The second-order valence-electron chi connectivity index (χ2n) is 2.74. The zero-order valence-corrected chi connectivity index (χ0v) is 7.43. The first-order chi connectivity index (χ1) is 5.20. The highest BCUT2D eigenvalue weighted by atomic mass is 32.2. The maximum Gasteiger partial charge on any atom is 0.232 e. The van der Waals surface area contributed by atoms with Crippen molar-refractivity contribution >= 4 is 17.7 Å². The minimum absolute atomic E-state index is 0.155. The molecule has 3 nitrogen and oxygen atoms in total. The number of hydrogen-bond acceptors (Lipinski definition) is 3. The summed E-state index contributed by atoms with van der Waals surface area (Å²) >= 11 is 1.66. The van der Waals surface area contributed by atoms with Crippen molar-refractivity contribution in [3.63, 3.8) is 0 Å². The molecule has 4 heteroatoms. The number of carbonyl (C=O) groups is 1. The lowest BCUT2D eigenvalue weighted by Gasteiger charge is -2.27. The highest BCUT2D eigenvalue weighted by Gasteiger charge is 2.18. The molecule has 1 N–H and O–H groups in total. The molecule has 0 bridgehead atoms. The van der Waals surface area contributed by atoms with Crippen LogP contribution in [-0.2, 0) is 4.79 Å². The Morgan fingerprint density at radius 1 is 1.82 bits per heavy atom. The molecule has 1 aliphatic heterocycles. The highest BCUT2D eigenvalue weighted by molar-refractivity contribution is 8.00. The van der Waals surface area contributed by atoms with Crippen molar-refractivity contribution in [2.24, 2.45) is 0 Å². The lowest BCUT2D eigenvalue weighted by Crippen LogP contribution is -2.41. The maximum absolute atomic E-state index is 11.1. The summed E-state index contributed by atoms with van der Waals surface area (Å²) < 4.78 is 0. The van der Waals surface area contributed by atoms with Crippen LogP contribution in [0.2, 0.25) is 0 Å². The molecule has 1 amide bonds. The van der Waals surface area contributed by atoms with Gasteiger partial charge in [0.05, 0.1) is 11.9 Å². The molecule has 0 saturated carbocycles. The van der Waals surface area contributed by atoms with Crippen molar-refractivity contribution < 1.29 is 9.90 Å². The Morgan fingerprint density at radius 3 is 3.09 bits per heavy atom. The Morgan fingerprint density at radius 2 is 2.55 bits per heavy atom. The van der Waals surface area contributed by atoms with Gasteiger partial charge in [0.2, 0.25) is 5.91 Å². The summed E-state index contributed by atoms with van der Waals surface area (Å²) in [5.74, 6) is 1.73. The molecule has 1 unspecified atom stereocenters. The van der Waals surface area contributed by atoms with Crippen LogP contribution >= 0.6 is 11.8 Å². The molecule has 0 aromatic rings. The second kappa shape index (κ2) is 3.97. The van der Waals surface area contributed by atoms with Crippen LogP contribution in [0.5, 0.6) is 0 Å². The quantitative estimate of drug-likeness (QED) is 0.639. The van der Waals surface area contributed by atoms with Gasteiger partial charge in [0.1, 0.15) is 0 Å². The first kappa shape index (κ1) is 8.87. The Bertz CT molecular complexity index is 149. The number of nitrogens with zero attached hydrogens (tertiary/aromatic N) is 1. The molecule has 1 atom stereocenters. The van der Waals surface area contributed by atoms with Crippen molar-refractivity contribution in [3.8, 4) is 0 Å². The molecular weight excluding hydrogens is 162 g/mol. The zero-order chi connectivity index (χ0) is 8.27. The third kappa shape index (κ3) is 2.71. The molecule has 1 aliphatic rings. The molecule has 11 heavy (non-hydrogen) atoms. The largest absolute Gasteiger partial charge is 0.392 e. The van der Waals surface area contributed by atoms with Gasteiger partial charge in [0.25, 0.3) is 0 Å². The lowest BCUT2D eigenvalue weighted by atomic mass is 10.3. The number of rotatable bonds is 2. The van der Waals surface area contributed by atoms with Crippen LogP contribution in [0.3, 0.4) is 0 Å². The maximum atomic E-state index is 11.1. The number of aliphatic hydroxyl groups is 1. The van der Waals surface area contributed by atoms with E-state index in [1.807, 2.05) is 0 Å². The van der Waals surface area contributed by atoms with Crippen LogP contribution in [0, 0.1) is 0 Å². The SMILES string of the molecule is CC(O)CN1CCSCC1=O. The van der Waals surface area contributed by atoms with Gasteiger partial charge in [0.15, 0.2) is 0 Å². The third-order valence-electron chi connectivity index (χ3n) is 1.57. The van der Waals surface area contributed by atoms with Crippen LogP contribution in [0.4, 0.5) is 0 Å². The zero-order valence-electron chi connectivity index (χ0n) is 6.62. The van der Waals surface area contributed by atoms with Crippen LogP contribution in [0.25, 0.3) is 0 Å². The van der Waals surface area contributed by atoms with E-state index in [-0.39, 0.29) is 5.91 Å². The fraction of sp³-hybridized carbons (Fsp3) is 0.857.